The molecule has 0 radical (unpaired) electrons. The largest absolute Gasteiger partial charge is 0.467 e. The average Bonchev–Trinajstić information content (AvgIpc) is 3.61. The normalized spacial score (nSPS) is 13.2. The number of nitro groups is 1. The van der Waals surface area contributed by atoms with Crippen LogP contribution < -0.4 is 5.32 Å². The van der Waals surface area contributed by atoms with E-state index < -0.39 is 4.92 Å². The number of benzene rings is 1. The first-order valence-corrected chi connectivity index (χ1v) is 12.2. The Labute approximate surface area is 209 Å². The summed E-state index contributed by atoms with van der Waals surface area (Å²) in [6, 6.07) is 11.2. The molecule has 0 fully saturated rings. The predicted molar refractivity (Wildman–Crippen MR) is 134 cm³/mol. The number of rotatable bonds is 7. The molecule has 0 saturated carbocycles. The van der Waals surface area contributed by atoms with Crippen molar-refractivity contribution in [1.29, 1.82) is 0 Å². The number of carbonyl (C=O) groups is 1. The van der Waals surface area contributed by atoms with Crippen molar-refractivity contribution in [3.63, 3.8) is 0 Å². The maximum atomic E-state index is 13.1. The molecule has 0 aliphatic heterocycles. The van der Waals surface area contributed by atoms with Crippen molar-refractivity contribution in [2.45, 2.75) is 32.2 Å². The van der Waals surface area contributed by atoms with Crippen molar-refractivity contribution >= 4 is 45.7 Å². The zero-order chi connectivity index (χ0) is 24.4. The number of amides is 1. The summed E-state index contributed by atoms with van der Waals surface area (Å²) in [5, 5.41) is 15.0. The van der Waals surface area contributed by atoms with Crippen LogP contribution in [0.15, 0.2) is 62.6 Å². The van der Waals surface area contributed by atoms with Gasteiger partial charge in [-0.15, -0.1) is 11.3 Å². The lowest BCUT2D eigenvalue weighted by Gasteiger charge is -2.12. The molecular formula is C25H20ClN3O5S. The van der Waals surface area contributed by atoms with Gasteiger partial charge < -0.3 is 14.2 Å². The molecule has 5 rings (SSSR count). The quantitative estimate of drug-likeness (QED) is 0.169. The molecule has 1 N–H and O–H groups in total. The molecule has 3 aromatic heterocycles. The molecule has 8 nitrogen and oxygen atoms in total. The van der Waals surface area contributed by atoms with E-state index in [2.05, 4.69) is 10.3 Å². The van der Waals surface area contributed by atoms with Gasteiger partial charge in [-0.05, 0) is 61.6 Å². The summed E-state index contributed by atoms with van der Waals surface area (Å²) in [6.07, 6.45) is 7.04. The van der Waals surface area contributed by atoms with Crippen molar-refractivity contribution in [3.05, 3.63) is 91.4 Å². The van der Waals surface area contributed by atoms with Gasteiger partial charge in [0.05, 0.1) is 34.5 Å². The number of aliphatic imine (C=N–C) groups is 1. The maximum absolute atomic E-state index is 13.1. The fraction of sp³-hybridized carbons (Fsp3) is 0.200. The summed E-state index contributed by atoms with van der Waals surface area (Å²) >= 11 is 7.76. The summed E-state index contributed by atoms with van der Waals surface area (Å²) in [7, 11) is 0. The van der Waals surface area contributed by atoms with E-state index in [1.807, 2.05) is 6.07 Å². The molecule has 0 saturated heterocycles. The Balaban J connectivity index is 1.41. The SMILES string of the molecule is O=C(NCc1ccco1)c1c(N=Cc2ccc(-c3cc([N+](=O)[O-])ccc3Cl)o2)sc2c1CCCC2. The number of nitro benzene ring substituents is 1. The van der Waals surface area contributed by atoms with Gasteiger partial charge in [0.1, 0.15) is 22.3 Å². The number of furan rings is 2. The predicted octanol–water partition coefficient (Wildman–Crippen LogP) is 6.72. The topological polar surface area (TPSA) is 111 Å². The number of hydrogen-bond acceptors (Lipinski definition) is 7. The summed E-state index contributed by atoms with van der Waals surface area (Å²) in [4.78, 5) is 29.5. The highest BCUT2D eigenvalue weighted by molar-refractivity contribution is 7.16. The minimum absolute atomic E-state index is 0.0783. The number of hydrogen-bond donors (Lipinski definition) is 1. The van der Waals surface area contributed by atoms with Crippen molar-refractivity contribution in [2.75, 3.05) is 0 Å². The monoisotopic (exact) mass is 509 g/mol. The van der Waals surface area contributed by atoms with Crippen molar-refractivity contribution in [1.82, 2.24) is 5.32 Å². The Morgan fingerprint density at radius 1 is 1.23 bits per heavy atom. The lowest BCUT2D eigenvalue weighted by atomic mass is 9.95. The highest BCUT2D eigenvalue weighted by Crippen LogP contribution is 2.40. The van der Waals surface area contributed by atoms with Crippen LogP contribution in [-0.4, -0.2) is 17.0 Å². The van der Waals surface area contributed by atoms with Crippen molar-refractivity contribution < 1.29 is 18.6 Å². The molecular weight excluding hydrogens is 490 g/mol. The van der Waals surface area contributed by atoms with E-state index in [0.29, 0.717) is 45.0 Å². The van der Waals surface area contributed by atoms with Crippen LogP contribution in [0.25, 0.3) is 11.3 Å². The first-order chi connectivity index (χ1) is 17.0. The lowest BCUT2D eigenvalue weighted by Crippen LogP contribution is -2.23. The molecule has 0 bridgehead atoms. The second-order valence-electron chi connectivity index (χ2n) is 8.03. The smallest absolute Gasteiger partial charge is 0.270 e. The average molecular weight is 510 g/mol. The van der Waals surface area contributed by atoms with Crippen LogP contribution >= 0.6 is 22.9 Å². The van der Waals surface area contributed by atoms with Gasteiger partial charge in [0.2, 0.25) is 0 Å². The zero-order valence-electron chi connectivity index (χ0n) is 18.5. The highest BCUT2D eigenvalue weighted by Gasteiger charge is 2.25. The van der Waals surface area contributed by atoms with Crippen molar-refractivity contribution in [2.24, 2.45) is 4.99 Å². The molecule has 0 unspecified atom stereocenters. The van der Waals surface area contributed by atoms with Crippen LogP contribution in [0.1, 0.15) is 45.2 Å². The third-order valence-corrected chi connectivity index (χ3v) is 7.27. The zero-order valence-corrected chi connectivity index (χ0v) is 20.0. The molecule has 35 heavy (non-hydrogen) atoms. The summed E-state index contributed by atoms with van der Waals surface area (Å²) in [5.74, 6) is 1.32. The van der Waals surface area contributed by atoms with Crippen LogP contribution in [0.2, 0.25) is 5.02 Å². The first-order valence-electron chi connectivity index (χ1n) is 11.0. The Kier molecular flexibility index (Phi) is 6.52. The third-order valence-electron chi connectivity index (χ3n) is 5.75. The van der Waals surface area contributed by atoms with E-state index >= 15 is 0 Å². The van der Waals surface area contributed by atoms with E-state index in [-0.39, 0.29) is 11.6 Å². The second kappa shape index (κ2) is 9.89. The van der Waals surface area contributed by atoms with E-state index in [1.165, 1.54) is 34.4 Å². The fourth-order valence-electron chi connectivity index (χ4n) is 4.05. The number of aryl methyl sites for hydroxylation is 1. The third kappa shape index (κ3) is 4.91. The van der Waals surface area contributed by atoms with Gasteiger partial charge in [-0.2, -0.15) is 0 Å². The molecule has 4 aromatic rings. The molecule has 178 valence electrons. The number of halogens is 1. The molecule has 1 aliphatic rings. The van der Waals surface area contributed by atoms with Gasteiger partial charge in [0.25, 0.3) is 11.6 Å². The summed E-state index contributed by atoms with van der Waals surface area (Å²) < 4.78 is 11.2. The van der Waals surface area contributed by atoms with Crippen LogP contribution in [0.3, 0.4) is 0 Å². The molecule has 3 heterocycles. The van der Waals surface area contributed by atoms with Gasteiger partial charge in [0.15, 0.2) is 0 Å². The fourth-order valence-corrected chi connectivity index (χ4v) is 5.49. The van der Waals surface area contributed by atoms with Crippen molar-refractivity contribution in [3.8, 4) is 11.3 Å². The van der Waals surface area contributed by atoms with E-state index in [1.54, 1.807) is 30.7 Å². The second-order valence-corrected chi connectivity index (χ2v) is 9.53. The van der Waals surface area contributed by atoms with Gasteiger partial charge in [-0.3, -0.25) is 14.9 Å². The molecule has 0 atom stereocenters. The van der Waals surface area contributed by atoms with Crippen LogP contribution in [0.5, 0.6) is 0 Å². The number of nitrogens with one attached hydrogen (secondary N) is 1. The number of nitrogens with zero attached hydrogens (tertiary/aromatic N) is 2. The van der Waals surface area contributed by atoms with Crippen LogP contribution in [0.4, 0.5) is 10.7 Å². The Morgan fingerprint density at radius 2 is 2.09 bits per heavy atom. The van der Waals surface area contributed by atoms with Gasteiger partial charge in [0, 0.05) is 22.6 Å². The number of non-ortho nitro benzene ring substituents is 1. The van der Waals surface area contributed by atoms with E-state index in [4.69, 9.17) is 20.4 Å². The molecule has 1 amide bonds. The number of fused-ring (bicyclic) bond motifs is 1. The number of thiophene rings is 1. The maximum Gasteiger partial charge on any atom is 0.270 e. The summed E-state index contributed by atoms with van der Waals surface area (Å²) in [6.45, 7) is 0.297. The first kappa shape index (κ1) is 23.1. The minimum atomic E-state index is -0.484. The van der Waals surface area contributed by atoms with Crippen LogP contribution in [-0.2, 0) is 19.4 Å². The van der Waals surface area contributed by atoms with Gasteiger partial charge >= 0.3 is 0 Å². The molecule has 1 aromatic carbocycles. The Bertz CT molecular complexity index is 1420. The molecule has 10 heteroatoms. The van der Waals surface area contributed by atoms with Crippen LogP contribution in [0, 0.1) is 10.1 Å². The van der Waals surface area contributed by atoms with Gasteiger partial charge in [-0.1, -0.05) is 11.6 Å². The van der Waals surface area contributed by atoms with Gasteiger partial charge in [-0.25, -0.2) is 4.99 Å². The lowest BCUT2D eigenvalue weighted by molar-refractivity contribution is -0.384. The highest BCUT2D eigenvalue weighted by atomic mass is 35.5. The molecule has 0 spiro atoms. The minimum Gasteiger partial charge on any atom is -0.467 e. The Morgan fingerprint density at radius 3 is 2.89 bits per heavy atom. The standard InChI is InChI=1S/C25H20ClN3O5S/c26-20-9-7-15(29(31)32)12-19(20)21-10-8-17(34-21)14-28-25-23(18-5-1-2-6-22(18)35-25)24(30)27-13-16-4-3-11-33-16/h3-4,7-12,14H,1-2,5-6,13H2,(H,27,30). The number of carbonyl (C=O) groups excluding carboxylic acids is 1. The Hall–Kier alpha value is -3.69. The molecule has 1 aliphatic carbocycles. The van der Waals surface area contributed by atoms with E-state index in [9.17, 15) is 14.9 Å². The van der Waals surface area contributed by atoms with E-state index in [0.717, 1.165) is 31.2 Å². The summed E-state index contributed by atoms with van der Waals surface area (Å²) in [5.41, 5.74) is 2.00.